The molecule has 7 heteroatoms. The van der Waals surface area contributed by atoms with E-state index in [1.54, 1.807) is 6.07 Å². The van der Waals surface area contributed by atoms with Gasteiger partial charge in [-0.2, -0.15) is 0 Å². The minimum atomic E-state index is -0.457. The number of anilines is 2. The van der Waals surface area contributed by atoms with Crippen molar-refractivity contribution in [3.63, 3.8) is 0 Å². The maximum Gasteiger partial charge on any atom is 0.311 e. The van der Waals surface area contributed by atoms with Gasteiger partial charge in [-0.3, -0.25) is 10.1 Å². The van der Waals surface area contributed by atoms with Crippen LogP contribution in [0.3, 0.4) is 0 Å². The number of hydrogen-bond donors (Lipinski definition) is 3. The number of pyridine rings is 1. The second-order valence-electron chi connectivity index (χ2n) is 4.35. The average Bonchev–Trinajstić information content (AvgIpc) is 2.37. The molecule has 0 aliphatic heterocycles. The summed E-state index contributed by atoms with van der Waals surface area (Å²) in [7, 11) is 0. The molecule has 0 aliphatic carbocycles. The number of nitrogens with one attached hydrogen (secondary N) is 2. The molecule has 1 unspecified atom stereocenters. The SMILES string of the molecule is CCNc1ccc([N+](=O)[O-])c(NCC(C)CCO)n1. The lowest BCUT2D eigenvalue weighted by Gasteiger charge is -2.12. The van der Waals surface area contributed by atoms with Crippen LogP contribution in [0.2, 0.25) is 0 Å². The van der Waals surface area contributed by atoms with Crippen molar-refractivity contribution < 1.29 is 10.0 Å². The molecule has 0 amide bonds. The lowest BCUT2D eigenvalue weighted by molar-refractivity contribution is -0.384. The number of rotatable bonds is 8. The van der Waals surface area contributed by atoms with Crippen molar-refractivity contribution in [3.05, 3.63) is 22.2 Å². The largest absolute Gasteiger partial charge is 0.396 e. The Kier molecular flexibility index (Phi) is 6.01. The van der Waals surface area contributed by atoms with Gasteiger partial charge >= 0.3 is 5.69 Å². The van der Waals surface area contributed by atoms with Crippen molar-refractivity contribution in [1.82, 2.24) is 4.98 Å². The van der Waals surface area contributed by atoms with Crippen LogP contribution in [0.25, 0.3) is 0 Å². The fourth-order valence-electron chi connectivity index (χ4n) is 1.60. The fourth-order valence-corrected chi connectivity index (χ4v) is 1.60. The number of hydrogen-bond acceptors (Lipinski definition) is 6. The predicted molar refractivity (Wildman–Crippen MR) is 74.4 cm³/mol. The smallest absolute Gasteiger partial charge is 0.311 e. The van der Waals surface area contributed by atoms with E-state index in [1.807, 2.05) is 13.8 Å². The molecule has 3 N–H and O–H groups in total. The van der Waals surface area contributed by atoms with Crippen LogP contribution in [-0.4, -0.2) is 34.7 Å². The van der Waals surface area contributed by atoms with Crippen LogP contribution in [0.4, 0.5) is 17.3 Å². The zero-order chi connectivity index (χ0) is 14.3. The van der Waals surface area contributed by atoms with E-state index in [4.69, 9.17) is 5.11 Å². The van der Waals surface area contributed by atoms with Crippen molar-refractivity contribution >= 4 is 17.3 Å². The molecule has 0 bridgehead atoms. The first kappa shape index (κ1) is 15.2. The third-order valence-corrected chi connectivity index (χ3v) is 2.67. The Bertz CT molecular complexity index is 425. The van der Waals surface area contributed by atoms with Crippen LogP contribution >= 0.6 is 0 Å². The second kappa shape index (κ2) is 7.52. The predicted octanol–water partition coefficient (Wildman–Crippen LogP) is 1.85. The van der Waals surface area contributed by atoms with Gasteiger partial charge in [0.15, 0.2) is 0 Å². The maximum atomic E-state index is 10.9. The molecular formula is C12H20N4O3. The Labute approximate surface area is 112 Å². The molecule has 0 saturated carbocycles. The first-order valence-corrected chi connectivity index (χ1v) is 6.32. The van der Waals surface area contributed by atoms with Crippen LogP contribution < -0.4 is 10.6 Å². The highest BCUT2D eigenvalue weighted by atomic mass is 16.6. The topological polar surface area (TPSA) is 100 Å². The van der Waals surface area contributed by atoms with Crippen molar-refractivity contribution in [1.29, 1.82) is 0 Å². The normalized spacial score (nSPS) is 11.9. The van der Waals surface area contributed by atoms with Gasteiger partial charge in [-0.1, -0.05) is 6.92 Å². The number of nitro groups is 1. The van der Waals surface area contributed by atoms with Gasteiger partial charge in [0.2, 0.25) is 5.82 Å². The van der Waals surface area contributed by atoms with Crippen molar-refractivity contribution in [2.45, 2.75) is 20.3 Å². The third-order valence-electron chi connectivity index (χ3n) is 2.67. The number of aromatic nitrogens is 1. The van der Waals surface area contributed by atoms with Gasteiger partial charge in [-0.25, -0.2) is 4.98 Å². The Morgan fingerprint density at radius 3 is 2.79 bits per heavy atom. The van der Waals surface area contributed by atoms with Gasteiger partial charge in [0.1, 0.15) is 5.82 Å². The highest BCUT2D eigenvalue weighted by Crippen LogP contribution is 2.24. The van der Waals surface area contributed by atoms with Gasteiger partial charge in [-0.05, 0) is 25.3 Å². The van der Waals surface area contributed by atoms with E-state index < -0.39 is 4.92 Å². The summed E-state index contributed by atoms with van der Waals surface area (Å²) in [6, 6.07) is 3.02. The zero-order valence-electron chi connectivity index (χ0n) is 11.2. The van der Waals surface area contributed by atoms with Gasteiger partial charge in [0, 0.05) is 25.8 Å². The van der Waals surface area contributed by atoms with Crippen LogP contribution in [0, 0.1) is 16.0 Å². The Morgan fingerprint density at radius 2 is 2.21 bits per heavy atom. The van der Waals surface area contributed by atoms with E-state index in [1.165, 1.54) is 6.07 Å². The first-order chi connectivity index (χ1) is 9.08. The standard InChI is InChI=1S/C12H20N4O3/c1-3-13-11-5-4-10(16(18)19)12(15-11)14-8-9(2)6-7-17/h4-5,9,17H,3,6-8H2,1-2H3,(H2,13,14,15). The molecule has 1 rings (SSSR count). The number of aliphatic hydroxyl groups is 1. The van der Waals surface area contributed by atoms with Gasteiger partial charge in [0.05, 0.1) is 4.92 Å². The number of nitrogens with zero attached hydrogens (tertiary/aromatic N) is 2. The molecule has 0 aliphatic rings. The number of aliphatic hydroxyl groups excluding tert-OH is 1. The molecule has 1 heterocycles. The summed E-state index contributed by atoms with van der Waals surface area (Å²) >= 11 is 0. The highest BCUT2D eigenvalue weighted by molar-refractivity contribution is 5.60. The van der Waals surface area contributed by atoms with E-state index in [0.29, 0.717) is 25.3 Å². The van der Waals surface area contributed by atoms with E-state index in [2.05, 4.69) is 15.6 Å². The lowest BCUT2D eigenvalue weighted by atomic mass is 10.1. The minimum Gasteiger partial charge on any atom is -0.396 e. The summed E-state index contributed by atoms with van der Waals surface area (Å²) in [5.74, 6) is 1.08. The third kappa shape index (κ3) is 4.70. The summed E-state index contributed by atoms with van der Waals surface area (Å²) in [5.41, 5.74) is -0.0437. The van der Waals surface area contributed by atoms with Crippen molar-refractivity contribution in [2.75, 3.05) is 30.3 Å². The van der Waals surface area contributed by atoms with Crippen molar-refractivity contribution in [2.24, 2.45) is 5.92 Å². The summed E-state index contributed by atoms with van der Waals surface area (Å²) in [5, 5.41) is 25.7. The Morgan fingerprint density at radius 1 is 1.47 bits per heavy atom. The maximum absolute atomic E-state index is 10.9. The molecule has 7 nitrogen and oxygen atoms in total. The lowest BCUT2D eigenvalue weighted by Crippen LogP contribution is -2.15. The quantitative estimate of drug-likeness (QED) is 0.491. The molecule has 106 valence electrons. The molecule has 0 radical (unpaired) electrons. The zero-order valence-corrected chi connectivity index (χ0v) is 11.2. The molecule has 1 aromatic heterocycles. The van der Waals surface area contributed by atoms with Crippen LogP contribution in [0.15, 0.2) is 12.1 Å². The molecule has 19 heavy (non-hydrogen) atoms. The van der Waals surface area contributed by atoms with Crippen LogP contribution in [0.1, 0.15) is 20.3 Å². The molecule has 1 aromatic rings. The first-order valence-electron chi connectivity index (χ1n) is 6.32. The van der Waals surface area contributed by atoms with E-state index in [-0.39, 0.29) is 24.0 Å². The molecule has 0 aromatic carbocycles. The van der Waals surface area contributed by atoms with E-state index >= 15 is 0 Å². The fraction of sp³-hybridized carbons (Fsp3) is 0.583. The minimum absolute atomic E-state index is 0.0437. The second-order valence-corrected chi connectivity index (χ2v) is 4.35. The molecule has 0 saturated heterocycles. The van der Waals surface area contributed by atoms with E-state index in [0.717, 1.165) is 0 Å². The molecule has 1 atom stereocenters. The van der Waals surface area contributed by atoms with Gasteiger partial charge < -0.3 is 15.7 Å². The van der Waals surface area contributed by atoms with Crippen LogP contribution in [-0.2, 0) is 0 Å². The van der Waals surface area contributed by atoms with Crippen LogP contribution in [0.5, 0.6) is 0 Å². The van der Waals surface area contributed by atoms with Gasteiger partial charge in [-0.15, -0.1) is 0 Å². The Hall–Kier alpha value is -1.89. The monoisotopic (exact) mass is 268 g/mol. The highest BCUT2D eigenvalue weighted by Gasteiger charge is 2.16. The molecule has 0 fully saturated rings. The summed E-state index contributed by atoms with van der Waals surface area (Å²) < 4.78 is 0. The summed E-state index contributed by atoms with van der Waals surface area (Å²) in [6.07, 6.45) is 0.647. The van der Waals surface area contributed by atoms with E-state index in [9.17, 15) is 10.1 Å². The van der Waals surface area contributed by atoms with Gasteiger partial charge in [0.25, 0.3) is 0 Å². The van der Waals surface area contributed by atoms with Crippen molar-refractivity contribution in [3.8, 4) is 0 Å². The molecular weight excluding hydrogens is 248 g/mol. The molecule has 0 spiro atoms. The average molecular weight is 268 g/mol. The summed E-state index contributed by atoms with van der Waals surface area (Å²) in [4.78, 5) is 14.7. The summed E-state index contributed by atoms with van der Waals surface area (Å²) in [6.45, 7) is 5.23. The Balaban J connectivity index is 2.82.